The molecule has 1 aromatic carbocycles. The van der Waals surface area contributed by atoms with Gasteiger partial charge >= 0.3 is 0 Å². The number of aryl methyl sites for hydroxylation is 1. The van der Waals surface area contributed by atoms with Crippen LogP contribution in [0.3, 0.4) is 0 Å². The van der Waals surface area contributed by atoms with Crippen LogP contribution in [0.1, 0.15) is 38.3 Å². The Morgan fingerprint density at radius 3 is 2.61 bits per heavy atom. The number of aromatic nitrogens is 2. The van der Waals surface area contributed by atoms with E-state index < -0.39 is 0 Å². The second-order valence-electron chi connectivity index (χ2n) is 5.67. The minimum absolute atomic E-state index is 0.101. The summed E-state index contributed by atoms with van der Waals surface area (Å²) < 4.78 is 5.26. The fourth-order valence-electron chi connectivity index (χ4n) is 1.63. The number of benzene rings is 1. The Balaban J connectivity index is 2.31. The number of nitrogens with zero attached hydrogens (tertiary/aromatic N) is 2. The van der Waals surface area contributed by atoms with Crippen molar-refractivity contribution in [3.05, 3.63) is 35.7 Å². The second kappa shape index (κ2) is 4.53. The summed E-state index contributed by atoms with van der Waals surface area (Å²) in [4.78, 5) is 4.39. The zero-order chi connectivity index (χ0) is 13.3. The lowest BCUT2D eigenvalue weighted by atomic mass is 9.87. The van der Waals surface area contributed by atoms with Crippen molar-refractivity contribution in [1.29, 1.82) is 0 Å². The maximum atomic E-state index is 6.10. The zero-order valence-electron chi connectivity index (χ0n) is 11.3. The van der Waals surface area contributed by atoms with Crippen LogP contribution in [-0.4, -0.2) is 10.1 Å². The molecule has 2 aromatic rings. The standard InChI is InChI=1S/C14H19N3O/c1-9-6-5-7-10(8-9)12-16-13(18-17-12)11(15)14(2,3)4/h5-8,11H,15H2,1-4H3/t11-/m1/s1. The monoisotopic (exact) mass is 245 g/mol. The average Bonchev–Trinajstić information content (AvgIpc) is 2.75. The van der Waals surface area contributed by atoms with Gasteiger partial charge in [-0.15, -0.1) is 0 Å². The number of hydrogen-bond donors (Lipinski definition) is 1. The van der Waals surface area contributed by atoms with Gasteiger partial charge in [-0.25, -0.2) is 0 Å². The van der Waals surface area contributed by atoms with Gasteiger partial charge in [0.1, 0.15) is 0 Å². The van der Waals surface area contributed by atoms with E-state index in [1.54, 1.807) is 0 Å². The maximum Gasteiger partial charge on any atom is 0.244 e. The van der Waals surface area contributed by atoms with Gasteiger partial charge in [-0.3, -0.25) is 0 Å². The summed E-state index contributed by atoms with van der Waals surface area (Å²) >= 11 is 0. The predicted molar refractivity (Wildman–Crippen MR) is 70.9 cm³/mol. The minimum Gasteiger partial charge on any atom is -0.337 e. The molecule has 1 aromatic heterocycles. The maximum absolute atomic E-state index is 6.10. The van der Waals surface area contributed by atoms with Crippen LogP contribution < -0.4 is 5.73 Å². The Kier molecular flexibility index (Phi) is 3.22. The molecule has 0 aliphatic rings. The van der Waals surface area contributed by atoms with Crippen molar-refractivity contribution in [3.8, 4) is 11.4 Å². The Bertz CT molecular complexity index is 540. The quantitative estimate of drug-likeness (QED) is 0.883. The van der Waals surface area contributed by atoms with Gasteiger partial charge < -0.3 is 10.3 Å². The molecule has 0 bridgehead atoms. The van der Waals surface area contributed by atoms with Crippen LogP contribution in [0.15, 0.2) is 28.8 Å². The van der Waals surface area contributed by atoms with Crippen LogP contribution in [0.2, 0.25) is 0 Å². The van der Waals surface area contributed by atoms with E-state index in [1.807, 2.05) is 52.0 Å². The molecule has 2 N–H and O–H groups in total. The summed E-state index contributed by atoms with van der Waals surface area (Å²) in [6, 6.07) is 7.74. The molecule has 1 atom stereocenters. The summed E-state index contributed by atoms with van der Waals surface area (Å²) in [7, 11) is 0. The molecule has 0 radical (unpaired) electrons. The smallest absolute Gasteiger partial charge is 0.244 e. The fraction of sp³-hybridized carbons (Fsp3) is 0.429. The van der Waals surface area contributed by atoms with Crippen molar-refractivity contribution in [2.24, 2.45) is 11.1 Å². The second-order valence-corrected chi connectivity index (χ2v) is 5.67. The first-order valence-electron chi connectivity index (χ1n) is 6.04. The van der Waals surface area contributed by atoms with Gasteiger partial charge in [-0.2, -0.15) is 4.98 Å². The van der Waals surface area contributed by atoms with E-state index in [4.69, 9.17) is 10.3 Å². The average molecular weight is 245 g/mol. The zero-order valence-corrected chi connectivity index (χ0v) is 11.3. The topological polar surface area (TPSA) is 64.9 Å². The van der Waals surface area contributed by atoms with Gasteiger partial charge in [-0.05, 0) is 18.4 Å². The molecule has 0 spiro atoms. The van der Waals surface area contributed by atoms with E-state index in [0.29, 0.717) is 11.7 Å². The van der Waals surface area contributed by atoms with Gasteiger partial charge in [0.2, 0.25) is 11.7 Å². The Labute approximate surface area is 107 Å². The number of hydrogen-bond acceptors (Lipinski definition) is 4. The van der Waals surface area contributed by atoms with Crippen LogP contribution in [-0.2, 0) is 0 Å². The molecule has 4 nitrogen and oxygen atoms in total. The van der Waals surface area contributed by atoms with Crippen LogP contribution in [0.5, 0.6) is 0 Å². The van der Waals surface area contributed by atoms with Crippen LogP contribution >= 0.6 is 0 Å². The molecule has 0 unspecified atom stereocenters. The molecule has 4 heteroatoms. The first kappa shape index (κ1) is 12.8. The lowest BCUT2D eigenvalue weighted by Gasteiger charge is -2.23. The summed E-state index contributed by atoms with van der Waals surface area (Å²) in [6.07, 6.45) is 0. The Morgan fingerprint density at radius 1 is 1.28 bits per heavy atom. The van der Waals surface area contributed by atoms with Crippen molar-refractivity contribution in [2.45, 2.75) is 33.7 Å². The molecule has 96 valence electrons. The van der Waals surface area contributed by atoms with Crippen LogP contribution in [0.25, 0.3) is 11.4 Å². The van der Waals surface area contributed by atoms with Gasteiger partial charge in [0.15, 0.2) is 0 Å². The Hall–Kier alpha value is -1.68. The molecular formula is C14H19N3O. The fourth-order valence-corrected chi connectivity index (χ4v) is 1.63. The minimum atomic E-state index is -0.261. The van der Waals surface area contributed by atoms with Gasteiger partial charge in [-0.1, -0.05) is 49.7 Å². The van der Waals surface area contributed by atoms with Crippen molar-refractivity contribution in [1.82, 2.24) is 10.1 Å². The van der Waals surface area contributed by atoms with E-state index >= 15 is 0 Å². The normalized spacial score (nSPS) is 13.6. The van der Waals surface area contributed by atoms with Gasteiger partial charge in [0.25, 0.3) is 0 Å². The summed E-state index contributed by atoms with van der Waals surface area (Å²) in [5.74, 6) is 1.08. The molecule has 0 aliphatic heterocycles. The SMILES string of the molecule is Cc1cccc(-c2noc([C@@H](N)C(C)(C)C)n2)c1. The highest BCUT2D eigenvalue weighted by Crippen LogP contribution is 2.30. The molecule has 2 rings (SSSR count). The van der Waals surface area contributed by atoms with E-state index in [9.17, 15) is 0 Å². The summed E-state index contributed by atoms with van der Waals surface area (Å²) in [5.41, 5.74) is 8.11. The molecule has 0 saturated heterocycles. The molecule has 1 heterocycles. The molecule has 0 saturated carbocycles. The first-order chi connectivity index (χ1) is 8.38. The highest BCUT2D eigenvalue weighted by Gasteiger charge is 2.27. The van der Waals surface area contributed by atoms with Crippen molar-refractivity contribution < 1.29 is 4.52 Å². The van der Waals surface area contributed by atoms with E-state index in [1.165, 1.54) is 5.56 Å². The largest absolute Gasteiger partial charge is 0.337 e. The number of rotatable bonds is 2. The van der Waals surface area contributed by atoms with Gasteiger partial charge in [0.05, 0.1) is 6.04 Å². The lowest BCUT2D eigenvalue weighted by Crippen LogP contribution is -2.26. The molecule has 18 heavy (non-hydrogen) atoms. The predicted octanol–water partition coefficient (Wildman–Crippen LogP) is 3.09. The van der Waals surface area contributed by atoms with E-state index in [0.717, 1.165) is 5.56 Å². The highest BCUT2D eigenvalue weighted by atomic mass is 16.5. The van der Waals surface area contributed by atoms with Gasteiger partial charge in [0, 0.05) is 5.56 Å². The first-order valence-corrected chi connectivity index (χ1v) is 6.04. The van der Waals surface area contributed by atoms with Crippen LogP contribution in [0.4, 0.5) is 0 Å². The molecule has 0 aliphatic carbocycles. The van der Waals surface area contributed by atoms with Crippen molar-refractivity contribution >= 4 is 0 Å². The molecular weight excluding hydrogens is 226 g/mol. The van der Waals surface area contributed by atoms with Crippen LogP contribution in [0, 0.1) is 12.3 Å². The summed E-state index contributed by atoms with van der Waals surface area (Å²) in [5, 5.41) is 4.00. The van der Waals surface area contributed by atoms with E-state index in [2.05, 4.69) is 10.1 Å². The number of nitrogens with two attached hydrogens (primary N) is 1. The molecule has 0 fully saturated rings. The lowest BCUT2D eigenvalue weighted by molar-refractivity contribution is 0.253. The van der Waals surface area contributed by atoms with E-state index in [-0.39, 0.29) is 11.5 Å². The van der Waals surface area contributed by atoms with Crippen molar-refractivity contribution in [3.63, 3.8) is 0 Å². The third-order valence-electron chi connectivity index (χ3n) is 2.92. The van der Waals surface area contributed by atoms with Crippen molar-refractivity contribution in [2.75, 3.05) is 0 Å². The third-order valence-corrected chi connectivity index (χ3v) is 2.92. The summed E-state index contributed by atoms with van der Waals surface area (Å²) in [6.45, 7) is 8.18. The molecule has 0 amide bonds. The Morgan fingerprint density at radius 2 is 2.00 bits per heavy atom. The highest BCUT2D eigenvalue weighted by molar-refractivity contribution is 5.55. The third kappa shape index (κ3) is 2.59.